The van der Waals surface area contributed by atoms with E-state index < -0.39 is 0 Å². The molecular weight excluding hydrogens is 484 g/mol. The summed E-state index contributed by atoms with van der Waals surface area (Å²) in [7, 11) is 1.66. The summed E-state index contributed by atoms with van der Waals surface area (Å²) in [6.07, 6.45) is 22.3. The molecule has 0 aliphatic rings. The van der Waals surface area contributed by atoms with Crippen molar-refractivity contribution in [1.29, 1.82) is 0 Å². The van der Waals surface area contributed by atoms with Gasteiger partial charge in [0.2, 0.25) is 0 Å². The minimum absolute atomic E-state index is 0.564. The molecule has 230 valence electrons. The zero-order valence-corrected chi connectivity index (χ0v) is 25.4. The Labute approximate surface area is 235 Å². The minimum Gasteiger partial charge on any atom is -0.382 e. The smallest absolute Gasteiger partial charge is 0.0701 e. The lowest BCUT2D eigenvalue weighted by Crippen LogP contribution is -2.14. The molecule has 0 rings (SSSR count). The molecule has 7 heteroatoms. The summed E-state index contributed by atoms with van der Waals surface area (Å²) >= 11 is 0. The third-order valence-corrected chi connectivity index (χ3v) is 6.43. The maximum Gasteiger partial charge on any atom is 0.0701 e. The number of rotatable bonds is 35. The Balaban J connectivity index is 3.01. The van der Waals surface area contributed by atoms with Crippen molar-refractivity contribution < 1.29 is 33.2 Å². The highest BCUT2D eigenvalue weighted by Crippen LogP contribution is 2.13. The molecule has 0 aromatic rings. The van der Waals surface area contributed by atoms with E-state index >= 15 is 0 Å². The summed E-state index contributed by atoms with van der Waals surface area (Å²) in [6, 6.07) is 0. The zero-order chi connectivity index (χ0) is 27.5. The van der Waals surface area contributed by atoms with Crippen LogP contribution in [0.1, 0.15) is 110 Å². The molecule has 0 heterocycles. The third kappa shape index (κ3) is 35.7. The first kappa shape index (κ1) is 37.7. The first-order chi connectivity index (χ1) is 18.9. The minimum atomic E-state index is 0.564. The van der Waals surface area contributed by atoms with E-state index in [0.717, 1.165) is 13.0 Å². The third-order valence-electron chi connectivity index (χ3n) is 6.43. The SMILES string of the molecule is CCCCCCCCCCCCCCCCCCOCCOCCOCCOCCOCCOCCOC. The molecule has 0 amide bonds. The first-order valence-electron chi connectivity index (χ1n) is 15.9. The van der Waals surface area contributed by atoms with Crippen LogP contribution in [0.4, 0.5) is 0 Å². The van der Waals surface area contributed by atoms with Gasteiger partial charge >= 0.3 is 0 Å². The van der Waals surface area contributed by atoms with Gasteiger partial charge in [-0.2, -0.15) is 0 Å². The maximum absolute atomic E-state index is 5.67. The van der Waals surface area contributed by atoms with Gasteiger partial charge in [0, 0.05) is 13.7 Å². The van der Waals surface area contributed by atoms with E-state index in [1.54, 1.807) is 7.11 Å². The molecule has 0 aliphatic heterocycles. The molecule has 0 bridgehead atoms. The van der Waals surface area contributed by atoms with Gasteiger partial charge < -0.3 is 33.2 Å². The van der Waals surface area contributed by atoms with Crippen molar-refractivity contribution in [2.75, 3.05) is 93.0 Å². The summed E-state index contributed by atoms with van der Waals surface area (Å²) in [4.78, 5) is 0. The van der Waals surface area contributed by atoms with Crippen molar-refractivity contribution >= 4 is 0 Å². The second kappa shape index (κ2) is 36.7. The molecule has 0 aliphatic carbocycles. The molecule has 0 aromatic carbocycles. The van der Waals surface area contributed by atoms with Crippen molar-refractivity contribution in [3.63, 3.8) is 0 Å². The summed E-state index contributed by atoms with van der Waals surface area (Å²) in [5, 5.41) is 0. The van der Waals surface area contributed by atoms with Gasteiger partial charge in [-0.05, 0) is 6.42 Å². The monoisotopic (exact) mass is 548 g/mol. The first-order valence-corrected chi connectivity index (χ1v) is 15.9. The second-order valence-electron chi connectivity index (χ2n) is 9.97. The van der Waals surface area contributed by atoms with Gasteiger partial charge in [0.15, 0.2) is 0 Å². The number of methoxy groups -OCH3 is 1. The highest BCUT2D eigenvalue weighted by molar-refractivity contribution is 4.50. The van der Waals surface area contributed by atoms with E-state index in [9.17, 15) is 0 Å². The van der Waals surface area contributed by atoms with Gasteiger partial charge in [-0.3, -0.25) is 0 Å². The van der Waals surface area contributed by atoms with Gasteiger partial charge in [-0.25, -0.2) is 0 Å². The average Bonchev–Trinajstić information content (AvgIpc) is 2.93. The Kier molecular flexibility index (Phi) is 36.4. The number of hydrogen-bond donors (Lipinski definition) is 0. The molecule has 7 nitrogen and oxygen atoms in total. The fourth-order valence-corrected chi connectivity index (χ4v) is 4.10. The largest absolute Gasteiger partial charge is 0.382 e. The lowest BCUT2D eigenvalue weighted by atomic mass is 10.0. The summed E-state index contributed by atoms with van der Waals surface area (Å²) in [5.74, 6) is 0. The van der Waals surface area contributed by atoms with Gasteiger partial charge in [-0.1, -0.05) is 103 Å². The van der Waals surface area contributed by atoms with Gasteiger partial charge in [-0.15, -0.1) is 0 Å². The lowest BCUT2D eigenvalue weighted by Gasteiger charge is -2.08. The van der Waals surface area contributed by atoms with Crippen molar-refractivity contribution in [2.45, 2.75) is 110 Å². The predicted molar refractivity (Wildman–Crippen MR) is 156 cm³/mol. The quantitative estimate of drug-likeness (QED) is 0.0791. The highest BCUT2D eigenvalue weighted by Gasteiger charge is 1.96. The van der Waals surface area contributed by atoms with E-state index in [-0.39, 0.29) is 0 Å². The normalized spacial score (nSPS) is 11.5. The molecule has 0 saturated heterocycles. The molecule has 38 heavy (non-hydrogen) atoms. The van der Waals surface area contributed by atoms with Crippen LogP contribution in [0.5, 0.6) is 0 Å². The average molecular weight is 549 g/mol. The second-order valence-corrected chi connectivity index (χ2v) is 9.97. The molecule has 0 radical (unpaired) electrons. The van der Waals surface area contributed by atoms with Crippen LogP contribution < -0.4 is 0 Å². The topological polar surface area (TPSA) is 64.6 Å². The van der Waals surface area contributed by atoms with E-state index in [0.29, 0.717) is 79.3 Å². The van der Waals surface area contributed by atoms with Crippen LogP contribution in [0.3, 0.4) is 0 Å². The van der Waals surface area contributed by atoms with Crippen LogP contribution in [0.2, 0.25) is 0 Å². The Morgan fingerprint density at radius 2 is 0.500 bits per heavy atom. The summed E-state index contributed by atoms with van der Waals surface area (Å²) in [5.41, 5.74) is 0. The van der Waals surface area contributed by atoms with Gasteiger partial charge in [0.05, 0.1) is 79.3 Å². The van der Waals surface area contributed by atoms with Gasteiger partial charge in [0.1, 0.15) is 0 Å². The van der Waals surface area contributed by atoms with Crippen LogP contribution >= 0.6 is 0 Å². The van der Waals surface area contributed by atoms with Crippen molar-refractivity contribution in [3.8, 4) is 0 Å². The Hall–Kier alpha value is -0.280. The molecule has 0 atom stereocenters. The Bertz CT molecular complexity index is 362. The fourth-order valence-electron chi connectivity index (χ4n) is 4.10. The molecule has 0 spiro atoms. The van der Waals surface area contributed by atoms with Crippen molar-refractivity contribution in [3.05, 3.63) is 0 Å². The van der Waals surface area contributed by atoms with E-state index in [2.05, 4.69) is 6.92 Å². The molecular formula is C31H64O7. The number of ether oxygens (including phenoxy) is 7. The number of hydrogen-bond acceptors (Lipinski definition) is 7. The zero-order valence-electron chi connectivity index (χ0n) is 25.4. The van der Waals surface area contributed by atoms with Crippen LogP contribution in [0, 0.1) is 0 Å². The molecule has 0 saturated carbocycles. The summed E-state index contributed by atoms with van der Waals surface area (Å²) < 4.78 is 37.8. The fraction of sp³-hybridized carbons (Fsp3) is 1.00. The van der Waals surface area contributed by atoms with Crippen LogP contribution in [-0.4, -0.2) is 93.0 Å². The number of unbranched alkanes of at least 4 members (excludes halogenated alkanes) is 15. The van der Waals surface area contributed by atoms with Crippen molar-refractivity contribution in [1.82, 2.24) is 0 Å². The van der Waals surface area contributed by atoms with Crippen LogP contribution in [0.25, 0.3) is 0 Å². The highest BCUT2D eigenvalue weighted by atomic mass is 16.6. The Morgan fingerprint density at radius 3 is 0.789 bits per heavy atom. The van der Waals surface area contributed by atoms with E-state index in [1.165, 1.54) is 96.3 Å². The molecule has 0 N–H and O–H groups in total. The van der Waals surface area contributed by atoms with E-state index in [4.69, 9.17) is 33.2 Å². The molecule has 0 aromatic heterocycles. The molecule has 0 fully saturated rings. The Morgan fingerprint density at radius 1 is 0.263 bits per heavy atom. The van der Waals surface area contributed by atoms with Gasteiger partial charge in [0.25, 0.3) is 0 Å². The van der Waals surface area contributed by atoms with E-state index in [1.807, 2.05) is 0 Å². The predicted octanol–water partition coefficient (Wildman–Crippen LogP) is 6.99. The standard InChI is InChI=1S/C31H64O7/c1-3-4-5-6-7-8-9-10-11-12-13-14-15-16-17-18-19-33-22-23-35-26-27-37-30-31-38-29-28-36-25-24-34-21-20-32-2/h3-31H2,1-2H3. The van der Waals surface area contributed by atoms with Crippen molar-refractivity contribution in [2.24, 2.45) is 0 Å². The summed E-state index contributed by atoms with van der Waals surface area (Å²) in [6.45, 7) is 10.2. The maximum atomic E-state index is 5.67. The lowest BCUT2D eigenvalue weighted by molar-refractivity contribution is -0.0191. The van der Waals surface area contributed by atoms with Crippen LogP contribution in [-0.2, 0) is 33.2 Å². The van der Waals surface area contributed by atoms with Crippen LogP contribution in [0.15, 0.2) is 0 Å². The molecule has 0 unspecified atom stereocenters.